The van der Waals surface area contributed by atoms with E-state index >= 15 is 0 Å². The van der Waals surface area contributed by atoms with Crippen LogP contribution in [0.25, 0.3) is 0 Å². The molecule has 56 valence electrons. The van der Waals surface area contributed by atoms with Crippen LogP contribution in [0.1, 0.15) is 33.1 Å². The molecule has 0 aliphatic heterocycles. The van der Waals surface area contributed by atoms with E-state index in [2.05, 4.69) is 13.8 Å². The van der Waals surface area contributed by atoms with Gasteiger partial charge in [0.05, 0.1) is 0 Å². The van der Waals surface area contributed by atoms with Gasteiger partial charge in [0.15, 0.2) is 0 Å². The summed E-state index contributed by atoms with van der Waals surface area (Å²) in [6, 6.07) is 0. The van der Waals surface area contributed by atoms with Crippen molar-refractivity contribution in [1.29, 1.82) is 0 Å². The van der Waals surface area contributed by atoms with Crippen LogP contribution >= 0.6 is 23.2 Å². The molecule has 0 nitrogen and oxygen atoms in total. The highest BCUT2D eigenvalue weighted by atomic mass is 35.5. The third-order valence-electron chi connectivity index (χ3n) is 1.20. The highest BCUT2D eigenvalue weighted by molar-refractivity contribution is 6.44. The summed E-state index contributed by atoms with van der Waals surface area (Å²) in [5, 5.41) is 0. The molecule has 0 aromatic carbocycles. The Kier molecular flexibility index (Phi) is 5.72. The Morgan fingerprint density at radius 1 is 1.11 bits per heavy atom. The monoisotopic (exact) mass is 168 g/mol. The van der Waals surface area contributed by atoms with E-state index < -0.39 is 0 Å². The number of hydrogen-bond donors (Lipinski definition) is 0. The van der Waals surface area contributed by atoms with Crippen LogP contribution in [0.15, 0.2) is 0 Å². The van der Waals surface area contributed by atoms with Gasteiger partial charge in [0, 0.05) is 0 Å². The Morgan fingerprint density at radius 3 is 2.00 bits per heavy atom. The van der Waals surface area contributed by atoms with Crippen molar-refractivity contribution in [2.45, 2.75) is 37.9 Å². The lowest BCUT2D eigenvalue weighted by molar-refractivity contribution is 0.546. The Bertz CT molecular complexity index is 51.9. The molecule has 0 aliphatic carbocycles. The van der Waals surface area contributed by atoms with Crippen LogP contribution in [0.3, 0.4) is 0 Å². The summed E-state index contributed by atoms with van der Waals surface area (Å²) in [6.07, 6.45) is 3.31. The zero-order valence-electron chi connectivity index (χ0n) is 6.03. The first-order chi connectivity index (χ1) is 4.13. The highest BCUT2D eigenvalue weighted by Gasteiger charge is 1.98. The van der Waals surface area contributed by atoms with Crippen molar-refractivity contribution in [3.05, 3.63) is 0 Å². The fraction of sp³-hybridized carbons (Fsp3) is 1.00. The predicted molar refractivity (Wildman–Crippen MR) is 44.2 cm³/mol. The van der Waals surface area contributed by atoms with Gasteiger partial charge in [-0.05, 0) is 12.3 Å². The van der Waals surface area contributed by atoms with Gasteiger partial charge in [-0.15, -0.1) is 23.2 Å². The lowest BCUT2D eigenvalue weighted by atomic mass is 10.1. The minimum Gasteiger partial charge on any atom is -0.105 e. The minimum absolute atomic E-state index is 0.163. The van der Waals surface area contributed by atoms with Crippen LogP contribution in [0.2, 0.25) is 0 Å². The average Bonchev–Trinajstić information content (AvgIpc) is 1.63. The van der Waals surface area contributed by atoms with Gasteiger partial charge in [-0.25, -0.2) is 0 Å². The molecule has 0 heterocycles. The van der Waals surface area contributed by atoms with Gasteiger partial charge < -0.3 is 0 Å². The number of alkyl halides is 2. The zero-order chi connectivity index (χ0) is 7.28. The number of rotatable bonds is 4. The molecule has 0 rings (SSSR count). The summed E-state index contributed by atoms with van der Waals surface area (Å²) >= 11 is 11.1. The number of halogens is 2. The first-order valence-corrected chi connectivity index (χ1v) is 4.28. The van der Waals surface area contributed by atoms with Crippen molar-refractivity contribution in [2.24, 2.45) is 5.92 Å². The Hall–Kier alpha value is 0.580. The van der Waals surface area contributed by atoms with Gasteiger partial charge in [0.1, 0.15) is 4.84 Å². The summed E-state index contributed by atoms with van der Waals surface area (Å²) in [6.45, 7) is 4.41. The molecule has 0 N–H and O–H groups in total. The lowest BCUT2D eigenvalue weighted by Gasteiger charge is -2.03. The first-order valence-electron chi connectivity index (χ1n) is 3.41. The molecule has 0 saturated heterocycles. The SMILES string of the molecule is CC(C)CCCC(Cl)Cl. The number of hydrogen-bond acceptors (Lipinski definition) is 0. The maximum absolute atomic E-state index is 5.53. The van der Waals surface area contributed by atoms with E-state index in [-0.39, 0.29) is 4.84 Å². The van der Waals surface area contributed by atoms with Gasteiger partial charge in [0.2, 0.25) is 0 Å². The van der Waals surface area contributed by atoms with Gasteiger partial charge in [-0.2, -0.15) is 0 Å². The van der Waals surface area contributed by atoms with Crippen molar-refractivity contribution < 1.29 is 0 Å². The lowest BCUT2D eigenvalue weighted by Crippen LogP contribution is -1.91. The molecule has 0 radical (unpaired) electrons. The Balaban J connectivity index is 2.91. The largest absolute Gasteiger partial charge is 0.107 e. The predicted octanol–water partition coefficient (Wildman–Crippen LogP) is 3.62. The van der Waals surface area contributed by atoms with Crippen molar-refractivity contribution in [1.82, 2.24) is 0 Å². The van der Waals surface area contributed by atoms with Crippen LogP contribution in [-0.4, -0.2) is 4.84 Å². The van der Waals surface area contributed by atoms with Crippen LogP contribution < -0.4 is 0 Å². The van der Waals surface area contributed by atoms with E-state index in [9.17, 15) is 0 Å². The average molecular weight is 169 g/mol. The summed E-state index contributed by atoms with van der Waals surface area (Å²) < 4.78 is 0. The summed E-state index contributed by atoms with van der Waals surface area (Å²) in [4.78, 5) is -0.163. The third kappa shape index (κ3) is 8.58. The maximum Gasteiger partial charge on any atom is 0.107 e. The second-order valence-corrected chi connectivity index (χ2v) is 3.99. The van der Waals surface area contributed by atoms with Crippen LogP contribution in [0, 0.1) is 5.92 Å². The molecular formula is C7H14Cl2. The molecule has 0 saturated carbocycles. The Morgan fingerprint density at radius 2 is 1.67 bits per heavy atom. The Labute approximate surface area is 67.5 Å². The standard InChI is InChI=1S/C7H14Cl2/c1-6(2)4-3-5-7(8)9/h6-7H,3-5H2,1-2H3. The molecule has 0 aromatic rings. The topological polar surface area (TPSA) is 0 Å². The maximum atomic E-state index is 5.53. The molecule has 0 fully saturated rings. The van der Waals surface area contributed by atoms with E-state index in [1.54, 1.807) is 0 Å². The van der Waals surface area contributed by atoms with Gasteiger partial charge in [-0.1, -0.05) is 26.7 Å². The van der Waals surface area contributed by atoms with E-state index in [0.29, 0.717) is 0 Å². The van der Waals surface area contributed by atoms with Gasteiger partial charge in [-0.3, -0.25) is 0 Å². The molecule has 0 aliphatic rings. The molecule has 0 atom stereocenters. The molecule has 0 bridgehead atoms. The molecular weight excluding hydrogens is 155 g/mol. The quantitative estimate of drug-likeness (QED) is 0.564. The van der Waals surface area contributed by atoms with E-state index in [4.69, 9.17) is 23.2 Å². The first kappa shape index (κ1) is 9.58. The van der Waals surface area contributed by atoms with Crippen LogP contribution in [0.5, 0.6) is 0 Å². The van der Waals surface area contributed by atoms with E-state index in [1.807, 2.05) is 0 Å². The highest BCUT2D eigenvalue weighted by Crippen LogP contribution is 2.14. The molecule has 0 amide bonds. The van der Waals surface area contributed by atoms with E-state index in [1.165, 1.54) is 6.42 Å². The molecule has 0 aromatic heterocycles. The van der Waals surface area contributed by atoms with Gasteiger partial charge in [0.25, 0.3) is 0 Å². The summed E-state index contributed by atoms with van der Waals surface area (Å²) in [7, 11) is 0. The van der Waals surface area contributed by atoms with Crippen LogP contribution in [-0.2, 0) is 0 Å². The zero-order valence-corrected chi connectivity index (χ0v) is 7.54. The third-order valence-corrected chi connectivity index (χ3v) is 1.64. The second-order valence-electron chi connectivity index (χ2n) is 2.72. The smallest absolute Gasteiger partial charge is 0.105 e. The molecule has 0 unspecified atom stereocenters. The fourth-order valence-corrected chi connectivity index (χ4v) is 0.989. The molecule has 9 heavy (non-hydrogen) atoms. The second kappa shape index (κ2) is 5.37. The van der Waals surface area contributed by atoms with Crippen molar-refractivity contribution >= 4 is 23.2 Å². The van der Waals surface area contributed by atoms with Crippen LogP contribution in [0.4, 0.5) is 0 Å². The van der Waals surface area contributed by atoms with E-state index in [0.717, 1.165) is 18.8 Å². The fourth-order valence-electron chi connectivity index (χ4n) is 0.680. The van der Waals surface area contributed by atoms with Crippen molar-refractivity contribution in [3.8, 4) is 0 Å². The summed E-state index contributed by atoms with van der Waals surface area (Å²) in [5.74, 6) is 0.775. The normalized spacial score (nSPS) is 11.3. The molecule has 0 spiro atoms. The van der Waals surface area contributed by atoms with Crippen molar-refractivity contribution in [3.63, 3.8) is 0 Å². The molecule has 2 heteroatoms. The van der Waals surface area contributed by atoms with Gasteiger partial charge >= 0.3 is 0 Å². The summed E-state index contributed by atoms with van der Waals surface area (Å²) in [5.41, 5.74) is 0. The minimum atomic E-state index is -0.163. The van der Waals surface area contributed by atoms with Crippen molar-refractivity contribution in [2.75, 3.05) is 0 Å².